The zero-order valence-electron chi connectivity index (χ0n) is 17.2. The van der Waals surface area contributed by atoms with E-state index in [9.17, 15) is 9.18 Å². The van der Waals surface area contributed by atoms with Crippen LogP contribution >= 0.6 is 0 Å². The van der Waals surface area contributed by atoms with Gasteiger partial charge in [0.1, 0.15) is 17.3 Å². The Morgan fingerprint density at radius 2 is 1.74 bits per heavy atom. The minimum Gasteiger partial charge on any atom is -0.497 e. The van der Waals surface area contributed by atoms with Crippen molar-refractivity contribution in [3.05, 3.63) is 66.5 Å². The first-order valence-electron chi connectivity index (χ1n) is 10.0. The quantitative estimate of drug-likeness (QED) is 0.608. The standard InChI is InChI=1S/C23H23FN4O3/c1-30-19-7-5-17(6-8-19)21-9-10-22(26-25-21)27-11-13-28(14-12-27)23(29)16-31-20-4-2-3-18(24)15-20/h2-10,15H,11-14,16H2,1H3. The molecule has 1 aliphatic rings. The van der Waals surface area contributed by atoms with Gasteiger partial charge in [-0.2, -0.15) is 0 Å². The summed E-state index contributed by atoms with van der Waals surface area (Å²) < 4.78 is 23.8. The number of amides is 1. The largest absolute Gasteiger partial charge is 0.497 e. The van der Waals surface area contributed by atoms with E-state index in [0.29, 0.717) is 31.9 Å². The number of ether oxygens (including phenoxy) is 2. The zero-order chi connectivity index (χ0) is 21.6. The third-order valence-corrected chi connectivity index (χ3v) is 5.15. The van der Waals surface area contributed by atoms with Gasteiger partial charge in [-0.05, 0) is 48.5 Å². The maximum absolute atomic E-state index is 13.2. The van der Waals surface area contributed by atoms with Crippen molar-refractivity contribution in [3.8, 4) is 22.8 Å². The highest BCUT2D eigenvalue weighted by Gasteiger charge is 2.22. The van der Waals surface area contributed by atoms with Crippen LogP contribution in [0.5, 0.6) is 11.5 Å². The summed E-state index contributed by atoms with van der Waals surface area (Å²) in [5.41, 5.74) is 1.75. The van der Waals surface area contributed by atoms with Crippen LogP contribution in [-0.2, 0) is 4.79 Å². The van der Waals surface area contributed by atoms with Crippen molar-refractivity contribution >= 4 is 11.7 Å². The van der Waals surface area contributed by atoms with Crippen molar-refractivity contribution in [1.29, 1.82) is 0 Å². The number of carbonyl (C=O) groups excluding carboxylic acids is 1. The molecule has 1 saturated heterocycles. The number of carbonyl (C=O) groups is 1. The van der Waals surface area contributed by atoms with Crippen molar-refractivity contribution in [3.63, 3.8) is 0 Å². The average molecular weight is 422 g/mol. The smallest absolute Gasteiger partial charge is 0.260 e. The molecule has 1 amide bonds. The number of aromatic nitrogens is 2. The van der Waals surface area contributed by atoms with E-state index in [2.05, 4.69) is 15.1 Å². The summed E-state index contributed by atoms with van der Waals surface area (Å²) in [7, 11) is 1.63. The molecule has 1 aliphatic heterocycles. The summed E-state index contributed by atoms with van der Waals surface area (Å²) >= 11 is 0. The van der Waals surface area contributed by atoms with Crippen molar-refractivity contribution in [2.75, 3.05) is 44.8 Å². The van der Waals surface area contributed by atoms with Crippen LogP contribution in [0.4, 0.5) is 10.2 Å². The maximum Gasteiger partial charge on any atom is 0.260 e. The number of anilines is 1. The first-order chi connectivity index (χ1) is 15.1. The van der Waals surface area contributed by atoms with E-state index in [4.69, 9.17) is 9.47 Å². The molecule has 1 aromatic heterocycles. The minimum absolute atomic E-state index is 0.111. The number of methoxy groups -OCH3 is 1. The Hall–Kier alpha value is -3.68. The van der Waals surface area contributed by atoms with Crippen LogP contribution in [0.2, 0.25) is 0 Å². The minimum atomic E-state index is -0.391. The molecule has 0 spiro atoms. The average Bonchev–Trinajstić information content (AvgIpc) is 2.83. The lowest BCUT2D eigenvalue weighted by Crippen LogP contribution is -2.50. The van der Waals surface area contributed by atoms with Crippen LogP contribution in [0.15, 0.2) is 60.7 Å². The van der Waals surface area contributed by atoms with E-state index in [1.165, 1.54) is 12.1 Å². The molecule has 3 aromatic rings. The molecule has 0 atom stereocenters. The van der Waals surface area contributed by atoms with Gasteiger partial charge in [0.2, 0.25) is 0 Å². The molecule has 1 fully saturated rings. The van der Waals surface area contributed by atoms with Gasteiger partial charge in [-0.1, -0.05) is 6.07 Å². The Balaban J connectivity index is 1.29. The van der Waals surface area contributed by atoms with Gasteiger partial charge in [-0.15, -0.1) is 10.2 Å². The van der Waals surface area contributed by atoms with Crippen LogP contribution in [0.25, 0.3) is 11.3 Å². The lowest BCUT2D eigenvalue weighted by molar-refractivity contribution is -0.133. The SMILES string of the molecule is COc1ccc(-c2ccc(N3CCN(C(=O)COc4cccc(F)c4)CC3)nn2)cc1. The zero-order valence-corrected chi connectivity index (χ0v) is 17.2. The van der Waals surface area contributed by atoms with Gasteiger partial charge in [-0.25, -0.2) is 4.39 Å². The van der Waals surface area contributed by atoms with E-state index < -0.39 is 5.82 Å². The number of hydrogen-bond acceptors (Lipinski definition) is 6. The third kappa shape index (κ3) is 5.09. The number of hydrogen-bond donors (Lipinski definition) is 0. The van der Waals surface area contributed by atoms with Gasteiger partial charge in [-0.3, -0.25) is 4.79 Å². The molecule has 7 nitrogen and oxygen atoms in total. The Morgan fingerprint density at radius 1 is 0.968 bits per heavy atom. The second-order valence-corrected chi connectivity index (χ2v) is 7.12. The molecule has 2 heterocycles. The molecule has 8 heteroatoms. The number of rotatable bonds is 6. The molecule has 0 unspecified atom stereocenters. The van der Waals surface area contributed by atoms with Crippen LogP contribution < -0.4 is 14.4 Å². The molecule has 2 aromatic carbocycles. The molecule has 0 saturated carbocycles. The topological polar surface area (TPSA) is 67.8 Å². The normalized spacial score (nSPS) is 13.7. The molecular weight excluding hydrogens is 399 g/mol. The fourth-order valence-electron chi connectivity index (χ4n) is 3.39. The second-order valence-electron chi connectivity index (χ2n) is 7.12. The van der Waals surface area contributed by atoms with Crippen molar-refractivity contribution in [2.24, 2.45) is 0 Å². The lowest BCUT2D eigenvalue weighted by atomic mass is 10.1. The van der Waals surface area contributed by atoms with Crippen LogP contribution in [0.1, 0.15) is 0 Å². The monoisotopic (exact) mass is 422 g/mol. The second kappa shape index (κ2) is 9.42. The molecule has 160 valence electrons. The van der Waals surface area contributed by atoms with Gasteiger partial charge in [0.25, 0.3) is 5.91 Å². The van der Waals surface area contributed by atoms with E-state index in [-0.39, 0.29) is 12.5 Å². The summed E-state index contributed by atoms with van der Waals surface area (Å²) in [6, 6.07) is 17.3. The summed E-state index contributed by atoms with van der Waals surface area (Å²) in [4.78, 5) is 16.2. The molecule has 0 radical (unpaired) electrons. The highest BCUT2D eigenvalue weighted by molar-refractivity contribution is 5.78. The van der Waals surface area contributed by atoms with Gasteiger partial charge >= 0.3 is 0 Å². The van der Waals surface area contributed by atoms with Gasteiger partial charge < -0.3 is 19.3 Å². The van der Waals surface area contributed by atoms with Crippen LogP contribution in [0.3, 0.4) is 0 Å². The molecule has 0 bridgehead atoms. The van der Waals surface area contributed by atoms with Crippen molar-refractivity contribution < 1.29 is 18.7 Å². The summed E-state index contributed by atoms with van der Waals surface area (Å²) in [6.45, 7) is 2.32. The summed E-state index contributed by atoms with van der Waals surface area (Å²) in [5.74, 6) is 1.41. The molecule has 0 aliphatic carbocycles. The Kier molecular flexibility index (Phi) is 6.26. The molecular formula is C23H23FN4O3. The van der Waals surface area contributed by atoms with Gasteiger partial charge in [0.05, 0.1) is 12.8 Å². The fraction of sp³-hybridized carbons (Fsp3) is 0.261. The molecule has 0 N–H and O–H groups in total. The summed E-state index contributed by atoms with van der Waals surface area (Å²) in [5, 5.41) is 8.70. The third-order valence-electron chi connectivity index (χ3n) is 5.15. The van der Waals surface area contributed by atoms with E-state index in [0.717, 1.165) is 22.8 Å². The molecule has 4 rings (SSSR count). The van der Waals surface area contributed by atoms with E-state index in [1.807, 2.05) is 36.4 Å². The first-order valence-corrected chi connectivity index (χ1v) is 10.0. The Morgan fingerprint density at radius 3 is 2.39 bits per heavy atom. The highest BCUT2D eigenvalue weighted by Crippen LogP contribution is 2.22. The first kappa shape index (κ1) is 20.6. The van der Waals surface area contributed by atoms with Gasteiger partial charge in [0, 0.05) is 37.8 Å². The van der Waals surface area contributed by atoms with Crippen molar-refractivity contribution in [1.82, 2.24) is 15.1 Å². The predicted octanol–water partition coefficient (Wildman–Crippen LogP) is 3.02. The van der Waals surface area contributed by atoms with Crippen LogP contribution in [0, 0.1) is 5.82 Å². The van der Waals surface area contributed by atoms with E-state index in [1.54, 1.807) is 24.1 Å². The number of nitrogens with zero attached hydrogens (tertiary/aromatic N) is 4. The molecule has 31 heavy (non-hydrogen) atoms. The maximum atomic E-state index is 13.2. The number of benzene rings is 2. The number of piperazine rings is 1. The van der Waals surface area contributed by atoms with Crippen molar-refractivity contribution in [2.45, 2.75) is 0 Å². The number of halogens is 1. The highest BCUT2D eigenvalue weighted by atomic mass is 19.1. The van der Waals surface area contributed by atoms with Gasteiger partial charge in [0.15, 0.2) is 12.4 Å². The Labute approximate surface area is 180 Å². The fourth-order valence-corrected chi connectivity index (χ4v) is 3.39. The predicted molar refractivity (Wildman–Crippen MR) is 115 cm³/mol. The Bertz CT molecular complexity index is 1020. The summed E-state index contributed by atoms with van der Waals surface area (Å²) in [6.07, 6.45) is 0. The lowest BCUT2D eigenvalue weighted by Gasteiger charge is -2.35. The van der Waals surface area contributed by atoms with E-state index >= 15 is 0 Å². The van der Waals surface area contributed by atoms with Crippen LogP contribution in [-0.4, -0.2) is 60.9 Å².